The van der Waals surface area contributed by atoms with Gasteiger partial charge in [-0.05, 0) is 36.8 Å². The first-order valence-corrected chi connectivity index (χ1v) is 6.53. The molecule has 21 heavy (non-hydrogen) atoms. The maximum absolute atomic E-state index is 5.79. The number of hydrogen-bond acceptors (Lipinski definition) is 5. The van der Waals surface area contributed by atoms with Crippen LogP contribution in [0.3, 0.4) is 0 Å². The van der Waals surface area contributed by atoms with E-state index in [-0.39, 0.29) is 6.01 Å². The zero-order valence-electron chi connectivity index (χ0n) is 11.4. The molecule has 0 spiro atoms. The van der Waals surface area contributed by atoms with Gasteiger partial charge >= 0.3 is 6.01 Å². The Labute approximate surface area is 122 Å². The van der Waals surface area contributed by atoms with Gasteiger partial charge in [-0.3, -0.25) is 0 Å². The van der Waals surface area contributed by atoms with E-state index >= 15 is 0 Å². The van der Waals surface area contributed by atoms with Gasteiger partial charge in [-0.2, -0.15) is 4.98 Å². The van der Waals surface area contributed by atoms with Gasteiger partial charge in [0, 0.05) is 11.3 Å². The topological polar surface area (TPSA) is 73.9 Å². The van der Waals surface area contributed by atoms with E-state index in [1.165, 1.54) is 0 Å². The Balaban J connectivity index is 1.96. The molecule has 0 saturated heterocycles. The van der Waals surface area contributed by atoms with Crippen molar-refractivity contribution in [2.45, 2.75) is 6.42 Å². The minimum atomic E-state index is 0.212. The zero-order chi connectivity index (χ0) is 14.7. The molecule has 0 fully saturated rings. The quantitative estimate of drug-likeness (QED) is 0.586. The minimum absolute atomic E-state index is 0.212. The third-order valence-corrected chi connectivity index (χ3v) is 2.99. The number of para-hydroxylation sites is 1. The maximum Gasteiger partial charge on any atom is 0.341 e. The lowest BCUT2D eigenvalue weighted by molar-refractivity contribution is 0.433. The number of nitrogens with two attached hydrogens (primary N) is 1. The second kappa shape index (κ2) is 5.58. The lowest BCUT2D eigenvalue weighted by Crippen LogP contribution is -1.98. The summed E-state index contributed by atoms with van der Waals surface area (Å²) < 4.78 is 5.74. The van der Waals surface area contributed by atoms with Crippen molar-refractivity contribution in [1.29, 1.82) is 0 Å². The molecule has 5 nitrogen and oxygen atoms in total. The summed E-state index contributed by atoms with van der Waals surface area (Å²) in [5, 5.41) is 8.07. The molecule has 0 saturated carbocycles. The Bertz CT molecular complexity index is 801. The fourth-order valence-corrected chi connectivity index (χ4v) is 2.02. The molecule has 0 radical (unpaired) electrons. The summed E-state index contributed by atoms with van der Waals surface area (Å²) in [5.41, 5.74) is 8.87. The average Bonchev–Trinajstić information content (AvgIpc) is 2.50. The number of anilines is 1. The monoisotopic (exact) mass is 278 g/mol. The molecule has 1 heterocycles. The Morgan fingerprint density at radius 3 is 2.71 bits per heavy atom. The Morgan fingerprint density at radius 2 is 1.90 bits per heavy atom. The van der Waals surface area contributed by atoms with Crippen LogP contribution in [0.25, 0.3) is 11.0 Å². The van der Waals surface area contributed by atoms with E-state index < -0.39 is 0 Å². The standard InChI is InChI=1S/C16H14N4O/c1-2-5-11-10-12(17)8-9-15(11)21-16-18-13-6-3-4-7-14(13)19-20-16/h2-4,6-10H,1,5,17H2. The molecule has 0 bridgehead atoms. The van der Waals surface area contributed by atoms with Crippen LogP contribution in [0.15, 0.2) is 55.1 Å². The van der Waals surface area contributed by atoms with E-state index in [0.717, 1.165) is 16.6 Å². The summed E-state index contributed by atoms with van der Waals surface area (Å²) in [6.45, 7) is 3.73. The van der Waals surface area contributed by atoms with E-state index in [2.05, 4.69) is 21.8 Å². The smallest absolute Gasteiger partial charge is 0.341 e. The number of fused-ring (bicyclic) bond motifs is 1. The molecule has 0 aliphatic heterocycles. The van der Waals surface area contributed by atoms with Crippen molar-refractivity contribution in [3.63, 3.8) is 0 Å². The van der Waals surface area contributed by atoms with Gasteiger partial charge < -0.3 is 10.5 Å². The first kappa shape index (κ1) is 13.1. The number of allylic oxidation sites excluding steroid dienone is 1. The zero-order valence-corrected chi connectivity index (χ0v) is 11.4. The van der Waals surface area contributed by atoms with E-state index in [1.54, 1.807) is 18.2 Å². The molecular weight excluding hydrogens is 264 g/mol. The number of aromatic nitrogens is 3. The van der Waals surface area contributed by atoms with Crippen LogP contribution in [0.4, 0.5) is 5.69 Å². The lowest BCUT2D eigenvalue weighted by Gasteiger charge is -2.09. The van der Waals surface area contributed by atoms with Gasteiger partial charge in [0.1, 0.15) is 11.3 Å². The number of benzene rings is 2. The van der Waals surface area contributed by atoms with Crippen molar-refractivity contribution in [1.82, 2.24) is 15.2 Å². The largest absolute Gasteiger partial charge is 0.423 e. The Morgan fingerprint density at radius 1 is 1.10 bits per heavy atom. The van der Waals surface area contributed by atoms with Crippen molar-refractivity contribution >= 4 is 16.7 Å². The molecule has 1 aromatic heterocycles. The first-order valence-electron chi connectivity index (χ1n) is 6.53. The second-order valence-electron chi connectivity index (χ2n) is 4.55. The highest BCUT2D eigenvalue weighted by Gasteiger charge is 2.08. The third kappa shape index (κ3) is 2.81. The minimum Gasteiger partial charge on any atom is -0.423 e. The summed E-state index contributed by atoms with van der Waals surface area (Å²) in [4.78, 5) is 4.34. The van der Waals surface area contributed by atoms with Crippen LogP contribution in [0.5, 0.6) is 11.8 Å². The Kier molecular flexibility index (Phi) is 3.47. The molecule has 3 rings (SSSR count). The molecule has 0 aliphatic carbocycles. The Hall–Kier alpha value is -2.95. The molecule has 0 atom stereocenters. The second-order valence-corrected chi connectivity index (χ2v) is 4.55. The van der Waals surface area contributed by atoms with Crippen molar-refractivity contribution in [3.05, 3.63) is 60.7 Å². The van der Waals surface area contributed by atoms with Crippen molar-refractivity contribution in [2.75, 3.05) is 5.73 Å². The van der Waals surface area contributed by atoms with Crippen molar-refractivity contribution < 1.29 is 4.74 Å². The summed E-state index contributed by atoms with van der Waals surface area (Å²) >= 11 is 0. The van der Waals surface area contributed by atoms with Gasteiger partial charge in [-0.25, -0.2) is 0 Å². The summed E-state index contributed by atoms with van der Waals surface area (Å²) in [5.74, 6) is 0.654. The van der Waals surface area contributed by atoms with Crippen LogP contribution in [0, 0.1) is 0 Å². The van der Waals surface area contributed by atoms with Crippen molar-refractivity contribution in [3.8, 4) is 11.8 Å². The van der Waals surface area contributed by atoms with Crippen LogP contribution in [0.2, 0.25) is 0 Å². The maximum atomic E-state index is 5.79. The number of hydrogen-bond donors (Lipinski definition) is 1. The fourth-order valence-electron chi connectivity index (χ4n) is 2.02. The van der Waals surface area contributed by atoms with Crippen LogP contribution < -0.4 is 10.5 Å². The summed E-state index contributed by atoms with van der Waals surface area (Å²) in [7, 11) is 0. The van der Waals surface area contributed by atoms with Crippen LogP contribution >= 0.6 is 0 Å². The van der Waals surface area contributed by atoms with E-state index in [9.17, 15) is 0 Å². The van der Waals surface area contributed by atoms with Gasteiger partial charge in [0.05, 0.1) is 5.52 Å². The molecule has 104 valence electrons. The lowest BCUT2D eigenvalue weighted by atomic mass is 10.1. The summed E-state index contributed by atoms with van der Waals surface area (Å²) in [6, 6.07) is 13.1. The number of rotatable bonds is 4. The molecule has 0 aliphatic rings. The first-order chi connectivity index (χ1) is 10.3. The van der Waals surface area contributed by atoms with Gasteiger partial charge in [-0.1, -0.05) is 23.3 Å². The normalized spacial score (nSPS) is 10.5. The molecule has 2 N–H and O–H groups in total. The van der Waals surface area contributed by atoms with Crippen LogP contribution in [-0.4, -0.2) is 15.2 Å². The van der Waals surface area contributed by atoms with E-state index in [1.807, 2.05) is 30.3 Å². The number of nitrogen functional groups attached to an aromatic ring is 1. The average molecular weight is 278 g/mol. The van der Waals surface area contributed by atoms with Gasteiger partial charge in [0.15, 0.2) is 0 Å². The van der Waals surface area contributed by atoms with Gasteiger partial charge in [0.2, 0.25) is 0 Å². The molecule has 0 unspecified atom stereocenters. The SMILES string of the molecule is C=CCc1cc(N)ccc1Oc1nnc2ccccc2n1. The van der Waals surface area contributed by atoms with E-state index in [0.29, 0.717) is 17.9 Å². The van der Waals surface area contributed by atoms with Gasteiger partial charge in [0.25, 0.3) is 0 Å². The van der Waals surface area contributed by atoms with Crippen molar-refractivity contribution in [2.24, 2.45) is 0 Å². The number of nitrogens with zero attached hydrogens (tertiary/aromatic N) is 3. The third-order valence-electron chi connectivity index (χ3n) is 2.99. The predicted molar refractivity (Wildman–Crippen MR) is 82.2 cm³/mol. The predicted octanol–water partition coefficient (Wildman–Crippen LogP) is 3.13. The van der Waals surface area contributed by atoms with Crippen LogP contribution in [0.1, 0.15) is 5.56 Å². The molecule has 2 aromatic carbocycles. The van der Waals surface area contributed by atoms with Crippen LogP contribution in [-0.2, 0) is 6.42 Å². The van der Waals surface area contributed by atoms with E-state index in [4.69, 9.17) is 10.5 Å². The highest BCUT2D eigenvalue weighted by molar-refractivity contribution is 5.73. The summed E-state index contributed by atoms with van der Waals surface area (Å²) in [6.07, 6.45) is 2.45. The molecule has 5 heteroatoms. The molecular formula is C16H14N4O. The highest BCUT2D eigenvalue weighted by Crippen LogP contribution is 2.26. The highest BCUT2D eigenvalue weighted by atomic mass is 16.5. The fraction of sp³-hybridized carbons (Fsp3) is 0.0625. The molecule has 3 aromatic rings. The van der Waals surface area contributed by atoms with Gasteiger partial charge in [-0.15, -0.1) is 11.7 Å². The molecule has 0 amide bonds. The number of ether oxygens (including phenoxy) is 1.